The second-order valence-corrected chi connectivity index (χ2v) is 6.68. The van der Waals surface area contributed by atoms with Crippen molar-refractivity contribution in [3.63, 3.8) is 0 Å². The Bertz CT molecular complexity index is 837. The number of piperazine rings is 1. The molecule has 136 valence electrons. The molecule has 1 aliphatic rings. The third-order valence-corrected chi connectivity index (χ3v) is 4.70. The molecule has 1 fully saturated rings. The number of amides is 1. The van der Waals surface area contributed by atoms with Crippen molar-refractivity contribution in [2.75, 3.05) is 31.1 Å². The van der Waals surface area contributed by atoms with E-state index in [1.165, 1.54) is 35.0 Å². The minimum atomic E-state index is -0.193. The van der Waals surface area contributed by atoms with Crippen LogP contribution in [-0.2, 0) is 4.79 Å². The maximum atomic E-state index is 12.4. The zero-order chi connectivity index (χ0) is 18.7. The third kappa shape index (κ3) is 3.99. The first kappa shape index (κ1) is 17.9. The SMILES string of the molecule is Cc1ccc(N2CCN(C(=O)/C=C/c3ccc(O)c(O)c3)CC2)c(C)c1. The Balaban J connectivity index is 1.59. The van der Waals surface area contributed by atoms with Crippen LogP contribution in [0.15, 0.2) is 42.5 Å². The number of benzene rings is 2. The Morgan fingerprint density at radius 3 is 2.35 bits per heavy atom. The average molecular weight is 352 g/mol. The van der Waals surface area contributed by atoms with E-state index in [4.69, 9.17) is 0 Å². The maximum absolute atomic E-state index is 12.4. The summed E-state index contributed by atoms with van der Waals surface area (Å²) in [4.78, 5) is 16.5. The van der Waals surface area contributed by atoms with Crippen molar-refractivity contribution in [2.24, 2.45) is 0 Å². The number of aryl methyl sites for hydroxylation is 2. The Hall–Kier alpha value is -2.95. The highest BCUT2D eigenvalue weighted by Crippen LogP contribution is 2.25. The molecule has 0 atom stereocenters. The molecule has 1 saturated heterocycles. The van der Waals surface area contributed by atoms with Crippen LogP contribution in [0, 0.1) is 13.8 Å². The Morgan fingerprint density at radius 1 is 0.962 bits per heavy atom. The van der Waals surface area contributed by atoms with Crippen LogP contribution < -0.4 is 4.90 Å². The van der Waals surface area contributed by atoms with Crippen molar-refractivity contribution in [3.8, 4) is 11.5 Å². The quantitative estimate of drug-likeness (QED) is 0.658. The number of rotatable bonds is 3. The minimum absolute atomic E-state index is 0.0437. The summed E-state index contributed by atoms with van der Waals surface area (Å²) >= 11 is 0. The lowest BCUT2D eigenvalue weighted by Crippen LogP contribution is -2.48. The van der Waals surface area contributed by atoms with Crippen molar-refractivity contribution in [1.29, 1.82) is 0 Å². The normalized spacial score (nSPS) is 14.8. The monoisotopic (exact) mass is 352 g/mol. The minimum Gasteiger partial charge on any atom is -0.504 e. The molecular formula is C21H24N2O3. The second kappa shape index (κ2) is 7.52. The highest BCUT2D eigenvalue weighted by molar-refractivity contribution is 5.92. The Kier molecular flexibility index (Phi) is 5.16. The molecule has 5 nitrogen and oxygen atoms in total. The Morgan fingerprint density at radius 2 is 1.69 bits per heavy atom. The predicted octanol–water partition coefficient (Wildman–Crippen LogP) is 3.08. The van der Waals surface area contributed by atoms with Gasteiger partial charge in [-0.15, -0.1) is 0 Å². The summed E-state index contributed by atoms with van der Waals surface area (Å²) in [6.07, 6.45) is 3.16. The largest absolute Gasteiger partial charge is 0.504 e. The number of hydrogen-bond donors (Lipinski definition) is 2. The van der Waals surface area contributed by atoms with Crippen molar-refractivity contribution in [3.05, 3.63) is 59.2 Å². The van der Waals surface area contributed by atoms with Gasteiger partial charge in [0.05, 0.1) is 0 Å². The fourth-order valence-electron chi connectivity index (χ4n) is 3.24. The molecule has 2 N–H and O–H groups in total. The van der Waals surface area contributed by atoms with Gasteiger partial charge in [-0.1, -0.05) is 23.8 Å². The molecular weight excluding hydrogens is 328 g/mol. The van der Waals surface area contributed by atoms with Gasteiger partial charge in [0.15, 0.2) is 11.5 Å². The Labute approximate surface area is 153 Å². The van der Waals surface area contributed by atoms with E-state index in [-0.39, 0.29) is 17.4 Å². The first-order valence-electron chi connectivity index (χ1n) is 8.75. The summed E-state index contributed by atoms with van der Waals surface area (Å²) in [6.45, 7) is 7.19. The molecule has 5 heteroatoms. The van der Waals surface area contributed by atoms with Gasteiger partial charge in [0.25, 0.3) is 0 Å². The number of aromatic hydroxyl groups is 2. The van der Waals surface area contributed by atoms with Crippen LogP contribution in [0.4, 0.5) is 5.69 Å². The van der Waals surface area contributed by atoms with Crippen LogP contribution in [0.2, 0.25) is 0 Å². The van der Waals surface area contributed by atoms with Gasteiger partial charge >= 0.3 is 0 Å². The van der Waals surface area contributed by atoms with Crippen molar-refractivity contribution >= 4 is 17.7 Å². The van der Waals surface area contributed by atoms with Gasteiger partial charge in [0, 0.05) is 37.9 Å². The molecule has 2 aromatic rings. The lowest BCUT2D eigenvalue weighted by molar-refractivity contribution is -0.126. The van der Waals surface area contributed by atoms with Crippen molar-refractivity contribution < 1.29 is 15.0 Å². The highest BCUT2D eigenvalue weighted by atomic mass is 16.3. The summed E-state index contributed by atoms with van der Waals surface area (Å²) in [6, 6.07) is 10.9. The van der Waals surface area contributed by atoms with Crippen molar-refractivity contribution in [1.82, 2.24) is 4.90 Å². The van der Waals surface area contributed by atoms with Gasteiger partial charge < -0.3 is 20.0 Å². The van der Waals surface area contributed by atoms with Gasteiger partial charge in [0.2, 0.25) is 5.91 Å². The topological polar surface area (TPSA) is 64.0 Å². The molecule has 0 aliphatic carbocycles. The van der Waals surface area contributed by atoms with E-state index in [9.17, 15) is 15.0 Å². The number of hydrogen-bond acceptors (Lipinski definition) is 4. The van der Waals surface area contributed by atoms with Gasteiger partial charge in [0.1, 0.15) is 0 Å². The van der Waals surface area contributed by atoms with E-state index in [0.29, 0.717) is 18.7 Å². The summed E-state index contributed by atoms with van der Waals surface area (Å²) in [5.74, 6) is -0.407. The number of nitrogens with zero attached hydrogens (tertiary/aromatic N) is 2. The van der Waals surface area contributed by atoms with Gasteiger partial charge in [-0.2, -0.15) is 0 Å². The lowest BCUT2D eigenvalue weighted by Gasteiger charge is -2.36. The lowest BCUT2D eigenvalue weighted by atomic mass is 10.1. The van der Waals surface area contributed by atoms with E-state index in [2.05, 4.69) is 36.9 Å². The first-order chi connectivity index (χ1) is 12.4. The maximum Gasteiger partial charge on any atom is 0.246 e. The smallest absolute Gasteiger partial charge is 0.246 e. The molecule has 0 saturated carbocycles. The van der Waals surface area contributed by atoms with E-state index >= 15 is 0 Å². The average Bonchev–Trinajstić information content (AvgIpc) is 2.63. The third-order valence-electron chi connectivity index (χ3n) is 4.70. The zero-order valence-corrected chi connectivity index (χ0v) is 15.1. The predicted molar refractivity (Wildman–Crippen MR) is 104 cm³/mol. The van der Waals surface area contributed by atoms with Gasteiger partial charge in [-0.05, 0) is 49.2 Å². The number of carbonyl (C=O) groups excluding carboxylic acids is 1. The van der Waals surface area contributed by atoms with E-state index in [0.717, 1.165) is 13.1 Å². The van der Waals surface area contributed by atoms with E-state index < -0.39 is 0 Å². The molecule has 2 aromatic carbocycles. The first-order valence-corrected chi connectivity index (χ1v) is 8.75. The summed E-state index contributed by atoms with van der Waals surface area (Å²) in [7, 11) is 0. The molecule has 1 amide bonds. The fraction of sp³-hybridized carbons (Fsp3) is 0.286. The summed E-state index contributed by atoms with van der Waals surface area (Å²) in [5, 5.41) is 18.8. The molecule has 1 heterocycles. The van der Waals surface area contributed by atoms with Crippen LogP contribution in [0.1, 0.15) is 16.7 Å². The number of phenols is 2. The molecule has 0 aromatic heterocycles. The number of phenolic OH excluding ortho intramolecular Hbond substituents is 2. The van der Waals surface area contributed by atoms with Crippen LogP contribution in [-0.4, -0.2) is 47.2 Å². The number of carbonyl (C=O) groups is 1. The van der Waals surface area contributed by atoms with Crippen molar-refractivity contribution in [2.45, 2.75) is 13.8 Å². The molecule has 0 radical (unpaired) electrons. The molecule has 0 spiro atoms. The molecule has 3 rings (SSSR count). The van der Waals surface area contributed by atoms with Crippen LogP contribution in [0.3, 0.4) is 0 Å². The van der Waals surface area contributed by atoms with Gasteiger partial charge in [-0.25, -0.2) is 0 Å². The van der Waals surface area contributed by atoms with Crippen LogP contribution in [0.5, 0.6) is 11.5 Å². The molecule has 1 aliphatic heterocycles. The van der Waals surface area contributed by atoms with E-state index in [1.54, 1.807) is 12.1 Å². The highest BCUT2D eigenvalue weighted by Gasteiger charge is 2.20. The molecule has 0 bridgehead atoms. The standard InChI is InChI=1S/C21H24N2O3/c1-15-3-6-18(16(2)13-15)22-9-11-23(12-10-22)21(26)8-5-17-4-7-19(24)20(25)14-17/h3-8,13-14,24-25H,9-12H2,1-2H3/b8-5+. The van der Waals surface area contributed by atoms with E-state index in [1.807, 2.05) is 4.90 Å². The zero-order valence-electron chi connectivity index (χ0n) is 15.1. The summed E-state index contributed by atoms with van der Waals surface area (Å²) < 4.78 is 0. The summed E-state index contributed by atoms with van der Waals surface area (Å²) in [5.41, 5.74) is 4.42. The number of anilines is 1. The van der Waals surface area contributed by atoms with Gasteiger partial charge in [-0.3, -0.25) is 4.79 Å². The van der Waals surface area contributed by atoms with Crippen LogP contribution in [0.25, 0.3) is 6.08 Å². The second-order valence-electron chi connectivity index (χ2n) is 6.68. The van der Waals surface area contributed by atoms with Crippen LogP contribution >= 0.6 is 0 Å². The molecule has 26 heavy (non-hydrogen) atoms. The molecule has 0 unspecified atom stereocenters. The fourth-order valence-corrected chi connectivity index (χ4v) is 3.24.